The fourth-order valence-corrected chi connectivity index (χ4v) is 3.67. The first-order valence-corrected chi connectivity index (χ1v) is 8.01. The molecule has 2 rings (SSSR count). The predicted octanol–water partition coefficient (Wildman–Crippen LogP) is 3.03. The average molecular weight is 280 g/mol. The van der Waals surface area contributed by atoms with E-state index >= 15 is 0 Å². The zero-order valence-electron chi connectivity index (χ0n) is 11.8. The van der Waals surface area contributed by atoms with Crippen molar-refractivity contribution < 1.29 is 4.79 Å². The second kappa shape index (κ2) is 6.53. The summed E-state index contributed by atoms with van der Waals surface area (Å²) < 4.78 is 0. The summed E-state index contributed by atoms with van der Waals surface area (Å²) in [6.07, 6.45) is 4.21. The summed E-state index contributed by atoms with van der Waals surface area (Å²) in [5.74, 6) is 1.13. The highest BCUT2D eigenvalue weighted by Gasteiger charge is 2.29. The highest BCUT2D eigenvalue weighted by molar-refractivity contribution is 7.10. The van der Waals surface area contributed by atoms with E-state index in [2.05, 4.69) is 18.4 Å². The maximum Gasteiger partial charge on any atom is 0.225 e. The van der Waals surface area contributed by atoms with E-state index in [0.717, 1.165) is 32.2 Å². The number of nitrogens with two attached hydrogens (primary N) is 1. The number of rotatable bonds is 4. The third-order valence-corrected chi connectivity index (χ3v) is 5.46. The highest BCUT2D eigenvalue weighted by atomic mass is 32.1. The zero-order valence-corrected chi connectivity index (χ0v) is 12.7. The summed E-state index contributed by atoms with van der Waals surface area (Å²) in [5, 5.41) is 2.07. The molecular formula is C15H24N2OS. The lowest BCUT2D eigenvalue weighted by Gasteiger charge is -2.32. The van der Waals surface area contributed by atoms with Crippen molar-refractivity contribution in [2.24, 2.45) is 17.6 Å². The number of carbonyl (C=O) groups excluding carboxylic acids is 1. The molecule has 0 aliphatic heterocycles. The van der Waals surface area contributed by atoms with Crippen LogP contribution in [0.25, 0.3) is 0 Å². The summed E-state index contributed by atoms with van der Waals surface area (Å²) in [6.45, 7) is 2.87. The molecule has 1 aromatic heterocycles. The van der Waals surface area contributed by atoms with Crippen molar-refractivity contribution in [2.45, 2.75) is 38.6 Å². The van der Waals surface area contributed by atoms with Crippen molar-refractivity contribution in [3.05, 3.63) is 22.4 Å². The quantitative estimate of drug-likeness (QED) is 0.921. The predicted molar refractivity (Wildman–Crippen MR) is 80.0 cm³/mol. The van der Waals surface area contributed by atoms with Gasteiger partial charge in [-0.25, -0.2) is 0 Å². The zero-order chi connectivity index (χ0) is 13.8. The van der Waals surface area contributed by atoms with Gasteiger partial charge in [-0.15, -0.1) is 11.3 Å². The Morgan fingerprint density at radius 2 is 2.16 bits per heavy atom. The van der Waals surface area contributed by atoms with Gasteiger partial charge in [0, 0.05) is 17.8 Å². The number of nitrogens with zero attached hydrogens (tertiary/aromatic N) is 1. The Morgan fingerprint density at radius 3 is 2.68 bits per heavy atom. The molecule has 3 nitrogen and oxygen atoms in total. The van der Waals surface area contributed by atoms with Crippen LogP contribution in [0.15, 0.2) is 17.5 Å². The van der Waals surface area contributed by atoms with Crippen molar-refractivity contribution in [1.82, 2.24) is 4.90 Å². The molecule has 106 valence electrons. The summed E-state index contributed by atoms with van der Waals surface area (Å²) in [7, 11) is 1.93. The van der Waals surface area contributed by atoms with Gasteiger partial charge in [-0.2, -0.15) is 0 Å². The van der Waals surface area contributed by atoms with Gasteiger partial charge in [0.1, 0.15) is 0 Å². The van der Waals surface area contributed by atoms with Gasteiger partial charge in [0.25, 0.3) is 0 Å². The Hall–Kier alpha value is -0.870. The summed E-state index contributed by atoms with van der Waals surface area (Å²) in [6, 6.07) is 4.32. The Kier molecular flexibility index (Phi) is 4.99. The van der Waals surface area contributed by atoms with E-state index in [-0.39, 0.29) is 12.0 Å². The molecule has 1 atom stereocenters. The minimum atomic E-state index is 0.180. The van der Waals surface area contributed by atoms with Crippen LogP contribution in [0.3, 0.4) is 0 Å². The maximum atomic E-state index is 12.5. The minimum Gasteiger partial charge on any atom is -0.338 e. The van der Waals surface area contributed by atoms with Crippen LogP contribution < -0.4 is 5.73 Å². The van der Waals surface area contributed by atoms with E-state index in [1.807, 2.05) is 18.0 Å². The number of hydrogen-bond donors (Lipinski definition) is 1. The SMILES string of the molecule is CC(c1cccs1)N(C)C(=O)C1CCC(CN)CC1. The van der Waals surface area contributed by atoms with Gasteiger partial charge in [-0.3, -0.25) is 4.79 Å². The molecule has 2 N–H and O–H groups in total. The smallest absolute Gasteiger partial charge is 0.225 e. The molecular weight excluding hydrogens is 256 g/mol. The van der Waals surface area contributed by atoms with Gasteiger partial charge >= 0.3 is 0 Å². The molecule has 1 fully saturated rings. The van der Waals surface area contributed by atoms with Gasteiger partial charge < -0.3 is 10.6 Å². The highest BCUT2D eigenvalue weighted by Crippen LogP contribution is 2.32. The topological polar surface area (TPSA) is 46.3 Å². The first kappa shape index (κ1) is 14.5. The first-order chi connectivity index (χ1) is 9.13. The van der Waals surface area contributed by atoms with E-state index in [1.165, 1.54) is 4.88 Å². The fourth-order valence-electron chi connectivity index (χ4n) is 2.84. The molecule has 4 heteroatoms. The molecule has 19 heavy (non-hydrogen) atoms. The molecule has 1 unspecified atom stereocenters. The van der Waals surface area contributed by atoms with Gasteiger partial charge in [0.2, 0.25) is 5.91 Å². The Balaban J connectivity index is 1.92. The summed E-state index contributed by atoms with van der Waals surface area (Å²) >= 11 is 1.72. The lowest BCUT2D eigenvalue weighted by atomic mass is 9.81. The molecule has 1 aliphatic rings. The number of carbonyl (C=O) groups is 1. The summed E-state index contributed by atoms with van der Waals surface area (Å²) in [4.78, 5) is 15.7. The van der Waals surface area contributed by atoms with Crippen molar-refractivity contribution in [2.75, 3.05) is 13.6 Å². The van der Waals surface area contributed by atoms with Gasteiger partial charge in [0.15, 0.2) is 0 Å². The normalized spacial score (nSPS) is 25.0. The molecule has 0 bridgehead atoms. The minimum absolute atomic E-state index is 0.180. The second-order valence-corrected chi connectivity index (χ2v) is 6.57. The van der Waals surface area contributed by atoms with Gasteiger partial charge in [-0.05, 0) is 56.5 Å². The number of thiophene rings is 1. The standard InChI is InChI=1S/C15H24N2OS/c1-11(14-4-3-9-19-14)17(2)15(18)13-7-5-12(10-16)6-8-13/h3-4,9,11-13H,5-8,10,16H2,1-2H3. The maximum absolute atomic E-state index is 12.5. The Labute approximate surface area is 119 Å². The van der Waals surface area contributed by atoms with Crippen molar-refractivity contribution in [1.29, 1.82) is 0 Å². The molecule has 1 aliphatic carbocycles. The van der Waals surface area contributed by atoms with Crippen molar-refractivity contribution in [3.8, 4) is 0 Å². The third-order valence-electron chi connectivity index (χ3n) is 4.41. The van der Waals surface area contributed by atoms with E-state index in [1.54, 1.807) is 11.3 Å². The first-order valence-electron chi connectivity index (χ1n) is 7.13. The van der Waals surface area contributed by atoms with E-state index < -0.39 is 0 Å². The molecule has 1 heterocycles. The molecule has 1 aromatic rings. The van der Waals surface area contributed by atoms with Gasteiger partial charge in [0.05, 0.1) is 6.04 Å². The van der Waals surface area contributed by atoms with E-state index in [4.69, 9.17) is 5.73 Å². The molecule has 0 spiro atoms. The van der Waals surface area contributed by atoms with Crippen LogP contribution in [0.1, 0.15) is 43.5 Å². The van der Waals surface area contributed by atoms with E-state index in [0.29, 0.717) is 11.8 Å². The molecule has 0 saturated heterocycles. The third kappa shape index (κ3) is 3.37. The molecule has 0 aromatic carbocycles. The van der Waals surface area contributed by atoms with Crippen molar-refractivity contribution >= 4 is 17.2 Å². The largest absolute Gasteiger partial charge is 0.338 e. The van der Waals surface area contributed by atoms with Crippen LogP contribution in [-0.4, -0.2) is 24.4 Å². The van der Waals surface area contributed by atoms with Crippen LogP contribution in [-0.2, 0) is 4.79 Å². The second-order valence-electron chi connectivity index (χ2n) is 5.59. The Bertz CT molecular complexity index is 396. The monoisotopic (exact) mass is 280 g/mol. The van der Waals surface area contributed by atoms with Crippen molar-refractivity contribution in [3.63, 3.8) is 0 Å². The number of amides is 1. The van der Waals surface area contributed by atoms with Crippen LogP contribution in [0.2, 0.25) is 0 Å². The van der Waals surface area contributed by atoms with E-state index in [9.17, 15) is 4.79 Å². The molecule has 1 saturated carbocycles. The fraction of sp³-hybridized carbons (Fsp3) is 0.667. The summed E-state index contributed by atoms with van der Waals surface area (Å²) in [5.41, 5.74) is 5.70. The van der Waals surface area contributed by atoms with Gasteiger partial charge in [-0.1, -0.05) is 6.07 Å². The Morgan fingerprint density at radius 1 is 1.47 bits per heavy atom. The lowest BCUT2D eigenvalue weighted by Crippen LogP contribution is -2.37. The van der Waals surface area contributed by atoms with Crippen LogP contribution in [0.5, 0.6) is 0 Å². The molecule has 1 amide bonds. The van der Waals surface area contributed by atoms with Crippen LogP contribution >= 0.6 is 11.3 Å². The lowest BCUT2D eigenvalue weighted by molar-refractivity contribution is -0.137. The number of hydrogen-bond acceptors (Lipinski definition) is 3. The average Bonchev–Trinajstić information content (AvgIpc) is 2.99. The van der Waals surface area contributed by atoms with Crippen LogP contribution in [0, 0.1) is 11.8 Å². The van der Waals surface area contributed by atoms with Crippen LogP contribution in [0.4, 0.5) is 0 Å². The molecule has 0 radical (unpaired) electrons.